The summed E-state index contributed by atoms with van der Waals surface area (Å²) in [6.07, 6.45) is 8.61. The van der Waals surface area contributed by atoms with Gasteiger partial charge in [-0.05, 0) is 64.3 Å². The van der Waals surface area contributed by atoms with Crippen LogP contribution in [0.1, 0.15) is 39.0 Å². The van der Waals surface area contributed by atoms with E-state index >= 15 is 0 Å². The number of likely N-dealkylation sites (tertiary alicyclic amines) is 1. The van der Waals surface area contributed by atoms with Crippen LogP contribution in [0.4, 0.5) is 0 Å². The minimum Gasteiger partial charge on any atom is -0.383 e. The van der Waals surface area contributed by atoms with Gasteiger partial charge in [0.05, 0.1) is 6.61 Å². The Morgan fingerprint density at radius 3 is 2.67 bits per heavy atom. The van der Waals surface area contributed by atoms with E-state index in [-0.39, 0.29) is 0 Å². The minimum absolute atomic E-state index is 0.594. The number of ether oxygens (including phenoxy) is 1. The second-order valence-electron chi connectivity index (χ2n) is 7.01. The van der Waals surface area contributed by atoms with Gasteiger partial charge in [-0.2, -0.15) is 11.8 Å². The molecule has 140 valence electrons. The van der Waals surface area contributed by atoms with E-state index in [1.54, 1.807) is 7.11 Å². The van der Waals surface area contributed by atoms with Crippen LogP contribution in [0.25, 0.3) is 0 Å². The highest BCUT2D eigenvalue weighted by atomic mass is 32.2. The van der Waals surface area contributed by atoms with Crippen molar-refractivity contribution < 1.29 is 4.74 Å². The predicted molar refractivity (Wildman–Crippen MR) is 105 cm³/mol. The van der Waals surface area contributed by atoms with Gasteiger partial charge < -0.3 is 20.3 Å². The topological polar surface area (TPSA) is 48.9 Å². The molecule has 0 aromatic carbocycles. The summed E-state index contributed by atoms with van der Waals surface area (Å²) in [6, 6.07) is 0.594. The molecule has 0 aromatic heterocycles. The molecule has 0 aromatic rings. The fraction of sp³-hybridized carbons (Fsp3) is 0.944. The summed E-state index contributed by atoms with van der Waals surface area (Å²) in [4.78, 5) is 7.39. The molecule has 2 N–H and O–H groups in total. The average molecular weight is 357 g/mol. The van der Waals surface area contributed by atoms with Gasteiger partial charge in [0.15, 0.2) is 5.96 Å². The maximum atomic E-state index is 5.17. The molecule has 2 aliphatic rings. The maximum absolute atomic E-state index is 5.17. The van der Waals surface area contributed by atoms with Crippen LogP contribution in [-0.4, -0.2) is 74.8 Å². The Hall–Kier alpha value is -0.460. The van der Waals surface area contributed by atoms with Crippen molar-refractivity contribution in [2.24, 2.45) is 10.9 Å². The Balaban J connectivity index is 1.73. The number of aliphatic imine (C=N–C) groups is 1. The van der Waals surface area contributed by atoms with Gasteiger partial charge in [0.25, 0.3) is 0 Å². The Kier molecular flexibility index (Phi) is 9.28. The van der Waals surface area contributed by atoms with Crippen molar-refractivity contribution >= 4 is 17.7 Å². The number of nitrogens with one attached hydrogen (secondary N) is 2. The Morgan fingerprint density at radius 1 is 1.25 bits per heavy atom. The van der Waals surface area contributed by atoms with Gasteiger partial charge in [0.1, 0.15) is 0 Å². The van der Waals surface area contributed by atoms with E-state index < -0.39 is 0 Å². The van der Waals surface area contributed by atoms with Crippen molar-refractivity contribution in [1.82, 2.24) is 15.5 Å². The van der Waals surface area contributed by atoms with E-state index in [0.29, 0.717) is 6.04 Å². The highest BCUT2D eigenvalue weighted by molar-refractivity contribution is 7.99. The van der Waals surface area contributed by atoms with Crippen molar-refractivity contribution in [2.75, 3.05) is 52.7 Å². The van der Waals surface area contributed by atoms with E-state index in [9.17, 15) is 0 Å². The Bertz CT molecular complexity index is 372. The van der Waals surface area contributed by atoms with Gasteiger partial charge in [-0.15, -0.1) is 0 Å². The fourth-order valence-corrected chi connectivity index (χ4v) is 4.43. The molecule has 0 amide bonds. The standard InChI is InChI=1S/C18H36N4OS/c1-4-19-18(21-16-5-6-17(13-16)24-3)20-14-15-7-9-22(10-8-15)11-12-23-2/h15-17H,4-14H2,1-3H3,(H2,19,20,21). The highest BCUT2D eigenvalue weighted by Gasteiger charge is 2.24. The first-order valence-electron chi connectivity index (χ1n) is 9.54. The number of piperidine rings is 1. The van der Waals surface area contributed by atoms with Crippen LogP contribution in [0.2, 0.25) is 0 Å². The Labute approximate surface area is 152 Å². The molecule has 2 rings (SSSR count). The summed E-state index contributed by atoms with van der Waals surface area (Å²) in [6.45, 7) is 8.30. The third-order valence-electron chi connectivity index (χ3n) is 5.23. The SMILES string of the molecule is CCNC(=NCC1CCN(CCOC)CC1)NC1CCC(SC)C1. The number of thioether (sulfide) groups is 1. The van der Waals surface area contributed by atoms with Crippen LogP contribution in [-0.2, 0) is 4.74 Å². The van der Waals surface area contributed by atoms with Crippen LogP contribution in [0.3, 0.4) is 0 Å². The van der Waals surface area contributed by atoms with Crippen molar-refractivity contribution in [2.45, 2.75) is 50.3 Å². The van der Waals surface area contributed by atoms with Gasteiger partial charge in [-0.3, -0.25) is 4.99 Å². The van der Waals surface area contributed by atoms with E-state index in [1.165, 1.54) is 45.2 Å². The highest BCUT2D eigenvalue weighted by Crippen LogP contribution is 2.28. The number of hydrogen-bond acceptors (Lipinski definition) is 4. The second-order valence-corrected chi connectivity index (χ2v) is 8.15. The third kappa shape index (κ3) is 6.81. The van der Waals surface area contributed by atoms with E-state index in [4.69, 9.17) is 9.73 Å². The maximum Gasteiger partial charge on any atom is 0.191 e. The van der Waals surface area contributed by atoms with Gasteiger partial charge in [-0.1, -0.05) is 0 Å². The lowest BCUT2D eigenvalue weighted by Gasteiger charge is -2.31. The molecule has 1 aliphatic carbocycles. The average Bonchev–Trinajstić information content (AvgIpc) is 3.06. The van der Waals surface area contributed by atoms with Crippen LogP contribution in [0, 0.1) is 5.92 Å². The quantitative estimate of drug-likeness (QED) is 0.516. The summed E-state index contributed by atoms with van der Waals surface area (Å²) in [7, 11) is 1.78. The Morgan fingerprint density at radius 2 is 2.04 bits per heavy atom. The van der Waals surface area contributed by atoms with Crippen LogP contribution in [0.15, 0.2) is 4.99 Å². The van der Waals surface area contributed by atoms with Gasteiger partial charge in [-0.25, -0.2) is 0 Å². The monoisotopic (exact) mass is 356 g/mol. The molecule has 5 nitrogen and oxygen atoms in total. The summed E-state index contributed by atoms with van der Waals surface area (Å²) < 4.78 is 5.17. The summed E-state index contributed by atoms with van der Waals surface area (Å²) >= 11 is 2.00. The molecule has 6 heteroatoms. The molecule has 2 fully saturated rings. The van der Waals surface area contributed by atoms with E-state index in [1.807, 2.05) is 11.8 Å². The molecule has 1 saturated heterocycles. The first-order valence-corrected chi connectivity index (χ1v) is 10.8. The number of hydrogen-bond donors (Lipinski definition) is 2. The van der Waals surface area contributed by atoms with Crippen LogP contribution in [0.5, 0.6) is 0 Å². The van der Waals surface area contributed by atoms with Gasteiger partial charge >= 0.3 is 0 Å². The zero-order chi connectivity index (χ0) is 17.2. The molecule has 24 heavy (non-hydrogen) atoms. The van der Waals surface area contributed by atoms with Gasteiger partial charge in [0, 0.05) is 38.0 Å². The molecule has 2 unspecified atom stereocenters. The predicted octanol–water partition coefficient (Wildman–Crippen LogP) is 2.18. The number of nitrogens with zero attached hydrogens (tertiary/aromatic N) is 2. The lowest BCUT2D eigenvalue weighted by atomic mass is 9.97. The molecule has 2 atom stereocenters. The molecule has 1 heterocycles. The third-order valence-corrected chi connectivity index (χ3v) is 6.32. The lowest BCUT2D eigenvalue weighted by Crippen LogP contribution is -2.43. The van der Waals surface area contributed by atoms with E-state index in [2.05, 4.69) is 28.7 Å². The molecular formula is C18H36N4OS. The molecule has 0 spiro atoms. The molecule has 0 bridgehead atoms. The largest absolute Gasteiger partial charge is 0.383 e. The van der Waals surface area contributed by atoms with Crippen molar-refractivity contribution in [3.8, 4) is 0 Å². The first kappa shape index (κ1) is 19.9. The molecule has 1 aliphatic heterocycles. The number of methoxy groups -OCH3 is 1. The van der Waals surface area contributed by atoms with Crippen molar-refractivity contribution in [3.05, 3.63) is 0 Å². The zero-order valence-corrected chi connectivity index (χ0v) is 16.5. The fourth-order valence-electron chi connectivity index (χ4n) is 3.63. The number of rotatable bonds is 8. The smallest absolute Gasteiger partial charge is 0.191 e. The minimum atomic E-state index is 0.594. The van der Waals surface area contributed by atoms with Crippen molar-refractivity contribution in [1.29, 1.82) is 0 Å². The summed E-state index contributed by atoms with van der Waals surface area (Å²) in [5.41, 5.74) is 0. The van der Waals surface area contributed by atoms with Crippen molar-refractivity contribution in [3.63, 3.8) is 0 Å². The van der Waals surface area contributed by atoms with Crippen LogP contribution >= 0.6 is 11.8 Å². The molecule has 1 saturated carbocycles. The zero-order valence-electron chi connectivity index (χ0n) is 15.7. The number of guanidine groups is 1. The molecular weight excluding hydrogens is 320 g/mol. The van der Waals surface area contributed by atoms with Crippen LogP contribution < -0.4 is 10.6 Å². The first-order chi connectivity index (χ1) is 11.7. The van der Waals surface area contributed by atoms with Gasteiger partial charge in [0.2, 0.25) is 0 Å². The second kappa shape index (κ2) is 11.2. The normalized spacial score (nSPS) is 26.7. The summed E-state index contributed by atoms with van der Waals surface area (Å²) in [5, 5.41) is 7.90. The molecule has 0 radical (unpaired) electrons. The lowest BCUT2D eigenvalue weighted by molar-refractivity contribution is 0.121. The summed E-state index contributed by atoms with van der Waals surface area (Å²) in [5.74, 6) is 1.74. The van der Waals surface area contributed by atoms with E-state index in [0.717, 1.165) is 43.4 Å².